The van der Waals surface area contributed by atoms with Gasteiger partial charge in [0, 0.05) is 36.2 Å². The molecular weight excluding hydrogens is 320 g/mol. The SMILES string of the molecule is CCCC#CCCS[C@@H]1[C@@H](CC=CCCCC(=O)O)[C@H]2CC[C@@H]1O2. The summed E-state index contributed by atoms with van der Waals surface area (Å²) in [4.78, 5) is 10.5. The van der Waals surface area contributed by atoms with Crippen molar-refractivity contribution in [1.29, 1.82) is 0 Å². The summed E-state index contributed by atoms with van der Waals surface area (Å²) >= 11 is 2.05. The summed E-state index contributed by atoms with van der Waals surface area (Å²) in [5.74, 6) is 7.51. The summed E-state index contributed by atoms with van der Waals surface area (Å²) in [6.07, 6.45) is 13.7. The first-order valence-electron chi connectivity index (χ1n) is 9.32. The molecule has 0 aromatic carbocycles. The van der Waals surface area contributed by atoms with Crippen molar-refractivity contribution in [2.24, 2.45) is 5.92 Å². The van der Waals surface area contributed by atoms with Gasteiger partial charge in [-0.2, -0.15) is 11.8 Å². The van der Waals surface area contributed by atoms with Crippen molar-refractivity contribution in [3.8, 4) is 11.8 Å². The van der Waals surface area contributed by atoms with Crippen molar-refractivity contribution in [2.45, 2.75) is 82.2 Å². The zero-order valence-electron chi connectivity index (χ0n) is 14.7. The van der Waals surface area contributed by atoms with Crippen LogP contribution in [0.1, 0.15) is 64.7 Å². The van der Waals surface area contributed by atoms with Crippen LogP contribution in [0.3, 0.4) is 0 Å². The van der Waals surface area contributed by atoms with Crippen LogP contribution in [0.25, 0.3) is 0 Å². The van der Waals surface area contributed by atoms with E-state index in [1.807, 2.05) is 11.8 Å². The van der Waals surface area contributed by atoms with E-state index in [2.05, 4.69) is 30.9 Å². The maximum Gasteiger partial charge on any atom is 0.303 e. The third kappa shape index (κ3) is 6.18. The minimum absolute atomic E-state index is 0.263. The molecule has 0 aromatic heterocycles. The third-order valence-corrected chi connectivity index (χ3v) is 6.20. The number of thioether (sulfide) groups is 1. The highest BCUT2D eigenvalue weighted by atomic mass is 32.2. The number of carboxylic acid groups (broad SMARTS) is 1. The highest BCUT2D eigenvalue weighted by Crippen LogP contribution is 2.46. The van der Waals surface area contributed by atoms with Gasteiger partial charge >= 0.3 is 5.97 Å². The number of aliphatic carboxylic acids is 1. The molecule has 2 aliphatic heterocycles. The van der Waals surface area contributed by atoms with Crippen LogP contribution >= 0.6 is 11.8 Å². The second-order valence-electron chi connectivity index (χ2n) is 6.64. The van der Waals surface area contributed by atoms with Crippen LogP contribution in [0.2, 0.25) is 0 Å². The summed E-state index contributed by atoms with van der Waals surface area (Å²) in [5.41, 5.74) is 0. The molecule has 0 aliphatic carbocycles. The summed E-state index contributed by atoms with van der Waals surface area (Å²) in [7, 11) is 0. The van der Waals surface area contributed by atoms with Crippen LogP contribution < -0.4 is 0 Å². The van der Waals surface area contributed by atoms with Crippen molar-refractivity contribution in [3.05, 3.63) is 12.2 Å². The number of hydrogen-bond acceptors (Lipinski definition) is 3. The van der Waals surface area contributed by atoms with Crippen molar-refractivity contribution >= 4 is 17.7 Å². The lowest BCUT2D eigenvalue weighted by Gasteiger charge is -2.26. The van der Waals surface area contributed by atoms with E-state index in [0.29, 0.717) is 23.4 Å². The predicted octanol–water partition coefficient (Wildman–Crippen LogP) is 4.66. The Morgan fingerprint density at radius 1 is 1.25 bits per heavy atom. The van der Waals surface area contributed by atoms with E-state index in [9.17, 15) is 4.79 Å². The molecule has 0 radical (unpaired) electrons. The Kier molecular flexibility index (Phi) is 8.77. The van der Waals surface area contributed by atoms with Gasteiger partial charge < -0.3 is 9.84 Å². The Bertz CT molecular complexity index is 477. The standard InChI is InChI=1S/C20H30O3S/c1-2-3-4-7-10-15-24-20-16(17-13-14-18(20)23-17)11-8-5-6-9-12-19(21)22/h5,8,16-18,20H,2-3,6,9-15H2,1H3,(H,21,22)/t16-,17+,18-,20+/m0/s1. The Morgan fingerprint density at radius 3 is 2.83 bits per heavy atom. The fourth-order valence-electron chi connectivity index (χ4n) is 3.54. The Hall–Kier alpha value is -0.920. The van der Waals surface area contributed by atoms with Gasteiger partial charge in [0.2, 0.25) is 0 Å². The lowest BCUT2D eigenvalue weighted by molar-refractivity contribution is -0.137. The van der Waals surface area contributed by atoms with Crippen molar-refractivity contribution in [3.63, 3.8) is 0 Å². The van der Waals surface area contributed by atoms with Gasteiger partial charge in [0.1, 0.15) is 0 Å². The van der Waals surface area contributed by atoms with Crippen LogP contribution in [0.15, 0.2) is 12.2 Å². The molecule has 0 amide bonds. The number of ether oxygens (including phenoxy) is 1. The van der Waals surface area contributed by atoms with Crippen LogP contribution in [0, 0.1) is 17.8 Å². The summed E-state index contributed by atoms with van der Waals surface area (Å²) < 4.78 is 6.13. The lowest BCUT2D eigenvalue weighted by Crippen LogP contribution is -2.29. The van der Waals surface area contributed by atoms with Crippen LogP contribution in [0.5, 0.6) is 0 Å². The molecule has 1 N–H and O–H groups in total. The van der Waals surface area contributed by atoms with Crippen molar-refractivity contribution in [1.82, 2.24) is 0 Å². The maximum absolute atomic E-state index is 10.5. The first-order chi connectivity index (χ1) is 11.7. The molecule has 2 fully saturated rings. The van der Waals surface area contributed by atoms with E-state index in [0.717, 1.165) is 44.3 Å². The molecule has 4 heteroatoms. The predicted molar refractivity (Wildman–Crippen MR) is 100 cm³/mol. The summed E-state index contributed by atoms with van der Waals surface area (Å²) in [6, 6.07) is 0. The molecule has 2 saturated heterocycles. The van der Waals surface area contributed by atoms with Crippen LogP contribution in [-0.2, 0) is 9.53 Å². The molecule has 2 aliphatic rings. The minimum Gasteiger partial charge on any atom is -0.481 e. The van der Waals surface area contributed by atoms with Gasteiger partial charge in [-0.05, 0) is 38.5 Å². The van der Waals surface area contributed by atoms with Crippen LogP contribution in [-0.4, -0.2) is 34.3 Å². The Balaban J connectivity index is 1.70. The number of rotatable bonds is 10. The topological polar surface area (TPSA) is 46.5 Å². The monoisotopic (exact) mass is 350 g/mol. The van der Waals surface area contributed by atoms with Gasteiger partial charge in [-0.3, -0.25) is 4.79 Å². The maximum atomic E-state index is 10.5. The number of fused-ring (bicyclic) bond motifs is 2. The lowest BCUT2D eigenvalue weighted by atomic mass is 9.86. The molecule has 3 nitrogen and oxygen atoms in total. The fraction of sp³-hybridized carbons (Fsp3) is 0.750. The quantitative estimate of drug-likeness (QED) is 0.354. The molecule has 134 valence electrons. The van der Waals surface area contributed by atoms with Crippen molar-refractivity contribution in [2.75, 3.05) is 5.75 Å². The third-order valence-electron chi connectivity index (χ3n) is 4.72. The molecule has 0 spiro atoms. The molecule has 2 bridgehead atoms. The van der Waals surface area contributed by atoms with E-state index in [4.69, 9.17) is 9.84 Å². The molecule has 2 heterocycles. The van der Waals surface area contributed by atoms with Gasteiger partial charge in [0.05, 0.1) is 12.2 Å². The number of carbonyl (C=O) groups is 1. The van der Waals surface area contributed by atoms with Gasteiger partial charge in [0.15, 0.2) is 0 Å². The number of carboxylic acids is 1. The highest BCUT2D eigenvalue weighted by Gasteiger charge is 2.48. The number of unbranched alkanes of at least 4 members (excludes halogenated alkanes) is 2. The zero-order chi connectivity index (χ0) is 17.2. The van der Waals surface area contributed by atoms with Gasteiger partial charge in [-0.15, -0.1) is 11.8 Å². The molecule has 0 aromatic rings. The van der Waals surface area contributed by atoms with E-state index in [-0.39, 0.29) is 6.42 Å². The second-order valence-corrected chi connectivity index (χ2v) is 7.92. The highest BCUT2D eigenvalue weighted by molar-refractivity contribution is 8.00. The second kappa shape index (κ2) is 10.8. The van der Waals surface area contributed by atoms with E-state index in [1.165, 1.54) is 12.8 Å². The zero-order valence-corrected chi connectivity index (χ0v) is 15.5. The molecule has 0 saturated carbocycles. The van der Waals surface area contributed by atoms with Gasteiger partial charge in [-0.1, -0.05) is 19.1 Å². The molecule has 4 atom stereocenters. The Morgan fingerprint density at radius 2 is 2.04 bits per heavy atom. The van der Waals surface area contributed by atoms with Gasteiger partial charge in [0.25, 0.3) is 0 Å². The van der Waals surface area contributed by atoms with E-state index < -0.39 is 5.97 Å². The normalized spacial score (nSPS) is 28.2. The smallest absolute Gasteiger partial charge is 0.303 e. The largest absolute Gasteiger partial charge is 0.481 e. The first kappa shape index (κ1) is 19.4. The fourth-order valence-corrected chi connectivity index (χ4v) is 4.98. The first-order valence-corrected chi connectivity index (χ1v) is 10.4. The molecular formula is C20H30O3S. The Labute approximate surface area is 150 Å². The summed E-state index contributed by atoms with van der Waals surface area (Å²) in [5, 5.41) is 9.26. The molecule has 2 rings (SSSR count). The van der Waals surface area contributed by atoms with Crippen molar-refractivity contribution < 1.29 is 14.6 Å². The number of allylic oxidation sites excluding steroid dienone is 2. The minimum atomic E-state index is -0.705. The average molecular weight is 351 g/mol. The summed E-state index contributed by atoms with van der Waals surface area (Å²) in [6.45, 7) is 2.16. The van der Waals surface area contributed by atoms with E-state index >= 15 is 0 Å². The van der Waals surface area contributed by atoms with E-state index in [1.54, 1.807) is 0 Å². The van der Waals surface area contributed by atoms with Crippen LogP contribution in [0.4, 0.5) is 0 Å². The average Bonchev–Trinajstić information content (AvgIpc) is 3.15. The van der Waals surface area contributed by atoms with Gasteiger partial charge in [-0.25, -0.2) is 0 Å². The number of hydrogen-bond donors (Lipinski definition) is 1. The molecule has 0 unspecified atom stereocenters. The molecule has 24 heavy (non-hydrogen) atoms.